The highest BCUT2D eigenvalue weighted by Gasteiger charge is 2.41. The average Bonchev–Trinajstić information content (AvgIpc) is 2.54. The van der Waals surface area contributed by atoms with Crippen LogP contribution in [-0.2, 0) is 9.47 Å². The highest BCUT2D eigenvalue weighted by molar-refractivity contribution is 4.92. The summed E-state index contributed by atoms with van der Waals surface area (Å²) in [5, 5.41) is 10.1. The zero-order valence-electron chi connectivity index (χ0n) is 10.4. The Morgan fingerprint density at radius 2 is 2.12 bits per heavy atom. The Balaban J connectivity index is 1.74. The van der Waals surface area contributed by atoms with Crippen LogP contribution in [0.2, 0.25) is 0 Å². The van der Waals surface area contributed by atoms with Crippen molar-refractivity contribution >= 4 is 0 Å². The Bertz CT molecular complexity index is 221. The lowest BCUT2D eigenvalue weighted by Gasteiger charge is -2.28. The molecule has 1 saturated carbocycles. The summed E-state index contributed by atoms with van der Waals surface area (Å²) >= 11 is 0. The number of aliphatic hydroxyl groups is 1. The Kier molecular flexibility index (Phi) is 3.88. The summed E-state index contributed by atoms with van der Waals surface area (Å²) in [6, 6.07) is 0. The molecule has 0 bridgehead atoms. The third-order valence-corrected chi connectivity index (χ3v) is 4.00. The maximum Gasteiger partial charge on any atom is 0.0852 e. The van der Waals surface area contributed by atoms with Crippen molar-refractivity contribution in [3.8, 4) is 0 Å². The zero-order valence-corrected chi connectivity index (χ0v) is 10.4. The number of hydrogen-bond donors (Lipinski definition) is 1. The molecule has 3 unspecified atom stereocenters. The fraction of sp³-hybridized carbons (Fsp3) is 1.00. The average molecular weight is 228 g/mol. The van der Waals surface area contributed by atoms with Crippen LogP contribution in [0.25, 0.3) is 0 Å². The van der Waals surface area contributed by atoms with Crippen molar-refractivity contribution in [3.05, 3.63) is 0 Å². The molecule has 0 spiro atoms. The molecule has 1 aliphatic carbocycles. The summed E-state index contributed by atoms with van der Waals surface area (Å²) in [7, 11) is 0. The fourth-order valence-electron chi connectivity index (χ4n) is 2.67. The molecule has 0 aromatic carbocycles. The van der Waals surface area contributed by atoms with Crippen LogP contribution < -0.4 is 0 Å². The van der Waals surface area contributed by atoms with E-state index in [9.17, 15) is 5.11 Å². The van der Waals surface area contributed by atoms with Crippen LogP contribution >= 0.6 is 0 Å². The molecular formula is C13H24O3. The molecule has 2 aliphatic rings. The van der Waals surface area contributed by atoms with E-state index in [0.717, 1.165) is 25.9 Å². The van der Waals surface area contributed by atoms with Crippen molar-refractivity contribution < 1.29 is 14.6 Å². The molecule has 94 valence electrons. The number of aliphatic hydroxyl groups excluding tert-OH is 1. The third-order valence-electron chi connectivity index (χ3n) is 4.00. The lowest BCUT2D eigenvalue weighted by Crippen LogP contribution is -2.35. The Morgan fingerprint density at radius 3 is 2.69 bits per heavy atom. The second-order valence-corrected chi connectivity index (χ2v) is 5.83. The van der Waals surface area contributed by atoms with Gasteiger partial charge in [-0.3, -0.25) is 0 Å². The summed E-state index contributed by atoms with van der Waals surface area (Å²) < 4.78 is 11.4. The Morgan fingerprint density at radius 1 is 1.31 bits per heavy atom. The first-order valence-electron chi connectivity index (χ1n) is 6.51. The summed E-state index contributed by atoms with van der Waals surface area (Å²) in [4.78, 5) is 0. The van der Waals surface area contributed by atoms with Gasteiger partial charge in [0.05, 0.1) is 24.9 Å². The quantitative estimate of drug-likeness (QED) is 0.804. The van der Waals surface area contributed by atoms with E-state index in [1.54, 1.807) is 0 Å². The van der Waals surface area contributed by atoms with E-state index in [2.05, 4.69) is 13.8 Å². The molecule has 1 heterocycles. The van der Waals surface area contributed by atoms with Gasteiger partial charge in [0.1, 0.15) is 0 Å². The van der Waals surface area contributed by atoms with Crippen molar-refractivity contribution in [3.63, 3.8) is 0 Å². The summed E-state index contributed by atoms with van der Waals surface area (Å²) in [6.45, 7) is 5.74. The Labute approximate surface area is 98.1 Å². The van der Waals surface area contributed by atoms with Crippen LogP contribution in [0.1, 0.15) is 46.0 Å². The molecule has 0 aromatic rings. The first kappa shape index (κ1) is 12.3. The SMILES string of the molecule is CC1(C)CCC(OCC2CCCCO2)C1O. The number of ether oxygens (including phenoxy) is 2. The van der Waals surface area contributed by atoms with Gasteiger partial charge in [-0.05, 0) is 37.5 Å². The highest BCUT2D eigenvalue weighted by Crippen LogP contribution is 2.39. The van der Waals surface area contributed by atoms with Gasteiger partial charge in [-0.15, -0.1) is 0 Å². The highest BCUT2D eigenvalue weighted by atomic mass is 16.5. The molecule has 1 saturated heterocycles. The third kappa shape index (κ3) is 2.76. The normalized spacial score (nSPS) is 38.8. The van der Waals surface area contributed by atoms with Gasteiger partial charge >= 0.3 is 0 Å². The van der Waals surface area contributed by atoms with E-state index in [0.29, 0.717) is 6.61 Å². The van der Waals surface area contributed by atoms with E-state index in [1.807, 2.05) is 0 Å². The largest absolute Gasteiger partial charge is 0.390 e. The molecule has 0 amide bonds. The minimum absolute atomic E-state index is 0.0120. The predicted octanol–water partition coefficient (Wildman–Crippen LogP) is 2.12. The van der Waals surface area contributed by atoms with Crippen LogP contribution in [-0.4, -0.2) is 36.6 Å². The van der Waals surface area contributed by atoms with Crippen LogP contribution in [0.4, 0.5) is 0 Å². The molecule has 0 radical (unpaired) electrons. The maximum absolute atomic E-state index is 10.1. The molecule has 1 aliphatic heterocycles. The molecule has 2 rings (SSSR count). The first-order valence-corrected chi connectivity index (χ1v) is 6.51. The zero-order chi connectivity index (χ0) is 11.6. The number of hydrogen-bond acceptors (Lipinski definition) is 3. The second-order valence-electron chi connectivity index (χ2n) is 5.83. The first-order chi connectivity index (χ1) is 7.59. The summed E-state index contributed by atoms with van der Waals surface area (Å²) in [5.74, 6) is 0. The standard InChI is InChI=1S/C13H24O3/c1-13(2)7-6-11(12(13)14)16-9-10-5-3-4-8-15-10/h10-12,14H,3-9H2,1-2H3. The maximum atomic E-state index is 10.1. The molecule has 2 fully saturated rings. The molecular weight excluding hydrogens is 204 g/mol. The van der Waals surface area contributed by atoms with E-state index in [1.165, 1.54) is 12.8 Å². The van der Waals surface area contributed by atoms with Crippen LogP contribution in [0.15, 0.2) is 0 Å². The van der Waals surface area contributed by atoms with Gasteiger partial charge in [0.2, 0.25) is 0 Å². The minimum Gasteiger partial charge on any atom is -0.390 e. The smallest absolute Gasteiger partial charge is 0.0852 e. The van der Waals surface area contributed by atoms with Gasteiger partial charge in [-0.1, -0.05) is 13.8 Å². The second kappa shape index (κ2) is 5.03. The lowest BCUT2D eigenvalue weighted by atomic mass is 9.89. The topological polar surface area (TPSA) is 38.7 Å². The van der Waals surface area contributed by atoms with Gasteiger partial charge in [0.25, 0.3) is 0 Å². The number of rotatable bonds is 3. The van der Waals surface area contributed by atoms with E-state index >= 15 is 0 Å². The molecule has 3 heteroatoms. The molecule has 1 N–H and O–H groups in total. The molecule has 0 aromatic heterocycles. The van der Waals surface area contributed by atoms with Crippen LogP contribution in [0, 0.1) is 5.41 Å². The van der Waals surface area contributed by atoms with Gasteiger partial charge in [0.15, 0.2) is 0 Å². The predicted molar refractivity (Wildman–Crippen MR) is 62.4 cm³/mol. The molecule has 3 nitrogen and oxygen atoms in total. The van der Waals surface area contributed by atoms with E-state index < -0.39 is 0 Å². The van der Waals surface area contributed by atoms with Crippen molar-refractivity contribution in [2.24, 2.45) is 5.41 Å². The van der Waals surface area contributed by atoms with Crippen molar-refractivity contribution in [1.29, 1.82) is 0 Å². The molecule has 16 heavy (non-hydrogen) atoms. The lowest BCUT2D eigenvalue weighted by molar-refractivity contribution is -0.0968. The summed E-state index contributed by atoms with van der Waals surface area (Å²) in [6.07, 6.45) is 5.49. The monoisotopic (exact) mass is 228 g/mol. The van der Waals surface area contributed by atoms with Crippen molar-refractivity contribution in [2.75, 3.05) is 13.2 Å². The van der Waals surface area contributed by atoms with Crippen molar-refractivity contribution in [2.45, 2.75) is 64.3 Å². The van der Waals surface area contributed by atoms with Crippen LogP contribution in [0.5, 0.6) is 0 Å². The van der Waals surface area contributed by atoms with Crippen LogP contribution in [0.3, 0.4) is 0 Å². The van der Waals surface area contributed by atoms with E-state index in [4.69, 9.17) is 9.47 Å². The molecule has 3 atom stereocenters. The fourth-order valence-corrected chi connectivity index (χ4v) is 2.67. The Hall–Kier alpha value is -0.120. The van der Waals surface area contributed by atoms with Gasteiger partial charge in [0, 0.05) is 6.61 Å². The van der Waals surface area contributed by atoms with Gasteiger partial charge in [-0.2, -0.15) is 0 Å². The van der Waals surface area contributed by atoms with Gasteiger partial charge in [-0.25, -0.2) is 0 Å². The summed E-state index contributed by atoms with van der Waals surface area (Å²) in [5.41, 5.74) is 0.0120. The van der Waals surface area contributed by atoms with Crippen molar-refractivity contribution in [1.82, 2.24) is 0 Å². The van der Waals surface area contributed by atoms with Gasteiger partial charge < -0.3 is 14.6 Å². The van der Waals surface area contributed by atoms with E-state index in [-0.39, 0.29) is 23.7 Å². The minimum atomic E-state index is -0.323.